The molecule has 2 heterocycles. The fourth-order valence-corrected chi connectivity index (χ4v) is 5.47. The van der Waals surface area contributed by atoms with Gasteiger partial charge in [0.1, 0.15) is 5.82 Å². The van der Waals surface area contributed by atoms with Crippen LogP contribution in [0.25, 0.3) is 10.8 Å². The average molecular weight is 468 g/mol. The minimum absolute atomic E-state index is 0.0252. The predicted octanol–water partition coefficient (Wildman–Crippen LogP) is 4.66. The van der Waals surface area contributed by atoms with Crippen LogP contribution in [0, 0.1) is 5.82 Å². The lowest BCUT2D eigenvalue weighted by atomic mass is 10.1. The van der Waals surface area contributed by atoms with Gasteiger partial charge in [-0.15, -0.1) is 0 Å². The summed E-state index contributed by atoms with van der Waals surface area (Å²) in [7, 11) is -4.09. The van der Waals surface area contributed by atoms with Crippen LogP contribution in [-0.2, 0) is 10.0 Å². The number of amides is 2. The maximum Gasteiger partial charge on any atom is 0.262 e. The van der Waals surface area contributed by atoms with E-state index >= 15 is 0 Å². The van der Waals surface area contributed by atoms with Gasteiger partial charge in [-0.3, -0.25) is 14.3 Å². The molecule has 160 valence electrons. The van der Waals surface area contributed by atoms with Crippen molar-refractivity contribution in [1.82, 2.24) is 0 Å². The van der Waals surface area contributed by atoms with E-state index in [0.717, 1.165) is 6.07 Å². The minimum atomic E-state index is -4.09. The highest BCUT2D eigenvalue weighted by atomic mass is 32.2. The summed E-state index contributed by atoms with van der Waals surface area (Å²) in [6, 6.07) is 12.9. The van der Waals surface area contributed by atoms with E-state index in [4.69, 9.17) is 0 Å². The molecule has 0 fully saturated rings. The molecule has 0 saturated heterocycles. The lowest BCUT2D eigenvalue weighted by Gasteiger charge is -2.13. The van der Waals surface area contributed by atoms with Crippen LogP contribution in [0.2, 0.25) is 0 Å². The zero-order valence-electron chi connectivity index (χ0n) is 16.2. The molecule has 0 bridgehead atoms. The second-order valence-corrected chi connectivity index (χ2v) is 9.49. The minimum Gasteiger partial charge on any atom is -0.321 e. The third kappa shape index (κ3) is 3.39. The second-order valence-electron chi connectivity index (χ2n) is 7.06. The van der Waals surface area contributed by atoms with E-state index in [9.17, 15) is 22.4 Å². The van der Waals surface area contributed by atoms with Crippen LogP contribution in [0.15, 0.2) is 70.3 Å². The molecule has 5 rings (SSSR count). The van der Waals surface area contributed by atoms with Crippen LogP contribution in [0.5, 0.6) is 0 Å². The number of carbonyl (C=O) groups is 2. The van der Waals surface area contributed by atoms with Gasteiger partial charge in [0, 0.05) is 27.4 Å². The molecule has 0 atom stereocenters. The van der Waals surface area contributed by atoms with E-state index in [1.807, 2.05) is 0 Å². The first-order valence-corrected chi connectivity index (χ1v) is 11.8. The van der Waals surface area contributed by atoms with Crippen LogP contribution in [0.4, 0.5) is 21.5 Å². The summed E-state index contributed by atoms with van der Waals surface area (Å²) < 4.78 is 43.0. The van der Waals surface area contributed by atoms with Crippen molar-refractivity contribution in [3.8, 4) is 0 Å². The molecular formula is C22H14FN3O4S2. The van der Waals surface area contributed by atoms with Crippen LogP contribution in [0.1, 0.15) is 20.7 Å². The third-order valence-electron chi connectivity index (χ3n) is 5.03. The first-order valence-electron chi connectivity index (χ1n) is 9.36. The van der Waals surface area contributed by atoms with Gasteiger partial charge in [-0.2, -0.15) is 11.3 Å². The number of hydrogen-bond donors (Lipinski definition) is 3. The summed E-state index contributed by atoms with van der Waals surface area (Å²) in [6.07, 6.45) is 0. The van der Waals surface area contributed by atoms with Gasteiger partial charge in [0.25, 0.3) is 21.8 Å². The van der Waals surface area contributed by atoms with Gasteiger partial charge < -0.3 is 10.6 Å². The average Bonchev–Trinajstić information content (AvgIpc) is 3.40. The van der Waals surface area contributed by atoms with Crippen molar-refractivity contribution in [2.45, 2.75) is 4.90 Å². The van der Waals surface area contributed by atoms with E-state index in [1.54, 1.807) is 35.0 Å². The highest BCUT2D eigenvalue weighted by molar-refractivity contribution is 7.93. The lowest BCUT2D eigenvalue weighted by molar-refractivity contribution is 0.102. The van der Waals surface area contributed by atoms with Gasteiger partial charge in [-0.1, -0.05) is 12.1 Å². The molecule has 0 spiro atoms. The molecule has 0 aliphatic carbocycles. The normalized spacial score (nSPS) is 12.6. The largest absolute Gasteiger partial charge is 0.321 e. The molecule has 1 aliphatic heterocycles. The first kappa shape index (κ1) is 20.2. The van der Waals surface area contributed by atoms with E-state index in [0.29, 0.717) is 27.6 Å². The van der Waals surface area contributed by atoms with Crippen molar-refractivity contribution in [2.75, 3.05) is 15.4 Å². The van der Waals surface area contributed by atoms with Gasteiger partial charge in [-0.05, 0) is 47.8 Å². The van der Waals surface area contributed by atoms with E-state index in [-0.39, 0.29) is 22.2 Å². The number of thiophene rings is 1. The Morgan fingerprint density at radius 2 is 1.91 bits per heavy atom. The molecule has 0 radical (unpaired) electrons. The van der Waals surface area contributed by atoms with Crippen LogP contribution in [0.3, 0.4) is 0 Å². The molecule has 4 aromatic rings. The van der Waals surface area contributed by atoms with Crippen LogP contribution >= 0.6 is 11.3 Å². The zero-order chi connectivity index (χ0) is 22.5. The Balaban J connectivity index is 1.49. The smallest absolute Gasteiger partial charge is 0.262 e. The quantitative estimate of drug-likeness (QED) is 0.397. The van der Waals surface area contributed by atoms with Crippen molar-refractivity contribution in [3.63, 3.8) is 0 Å². The number of halogens is 1. The molecule has 3 aromatic carbocycles. The van der Waals surface area contributed by atoms with Gasteiger partial charge in [0.15, 0.2) is 0 Å². The predicted molar refractivity (Wildman–Crippen MR) is 121 cm³/mol. The van der Waals surface area contributed by atoms with E-state index in [1.165, 1.54) is 35.6 Å². The number of nitrogens with one attached hydrogen (secondary N) is 3. The van der Waals surface area contributed by atoms with Gasteiger partial charge in [0.05, 0.1) is 21.8 Å². The molecule has 1 aliphatic rings. The standard InChI is InChI=1S/C22H14FN3O4S2/c23-16-5-4-13(10-18(16)25-21(27)12-8-9-31-11-12)26-32(29,30)19-7-6-17-20-14(19)2-1-3-15(20)22(28)24-17/h1-11,26H,(H,24,28)(H,25,27). The van der Waals surface area contributed by atoms with Gasteiger partial charge in [-0.25, -0.2) is 12.8 Å². The Kier molecular flexibility index (Phi) is 4.68. The number of carbonyl (C=O) groups excluding carboxylic acids is 2. The maximum absolute atomic E-state index is 14.2. The Bertz CT molecular complexity index is 1520. The number of anilines is 3. The van der Waals surface area contributed by atoms with Gasteiger partial charge >= 0.3 is 0 Å². The molecule has 10 heteroatoms. The van der Waals surface area contributed by atoms with Crippen LogP contribution < -0.4 is 15.4 Å². The number of benzene rings is 3. The summed E-state index contributed by atoms with van der Waals surface area (Å²) in [5, 5.41) is 9.41. The Morgan fingerprint density at radius 1 is 1.06 bits per heavy atom. The molecule has 32 heavy (non-hydrogen) atoms. The fourth-order valence-electron chi connectivity index (χ4n) is 3.58. The number of sulfonamides is 1. The van der Waals surface area contributed by atoms with E-state index in [2.05, 4.69) is 15.4 Å². The van der Waals surface area contributed by atoms with Crippen LogP contribution in [-0.4, -0.2) is 20.2 Å². The first-order chi connectivity index (χ1) is 15.3. The second kappa shape index (κ2) is 7.43. The van der Waals surface area contributed by atoms with Crippen molar-refractivity contribution in [2.24, 2.45) is 0 Å². The monoisotopic (exact) mass is 467 g/mol. The lowest BCUT2D eigenvalue weighted by Crippen LogP contribution is -2.15. The third-order valence-corrected chi connectivity index (χ3v) is 7.16. The SMILES string of the molecule is O=C(Nc1cc(NS(=O)(=O)c2ccc3c4c(cccc24)C(=O)N3)ccc1F)c1ccsc1. The Hall–Kier alpha value is -3.76. The Morgan fingerprint density at radius 3 is 2.69 bits per heavy atom. The topological polar surface area (TPSA) is 104 Å². The summed E-state index contributed by atoms with van der Waals surface area (Å²) in [4.78, 5) is 24.3. The summed E-state index contributed by atoms with van der Waals surface area (Å²) in [6.45, 7) is 0. The maximum atomic E-state index is 14.2. The summed E-state index contributed by atoms with van der Waals surface area (Å²) in [5.41, 5.74) is 1.23. The number of rotatable bonds is 5. The van der Waals surface area contributed by atoms with Crippen molar-refractivity contribution < 1.29 is 22.4 Å². The fraction of sp³-hybridized carbons (Fsp3) is 0. The highest BCUT2D eigenvalue weighted by Gasteiger charge is 2.26. The van der Waals surface area contributed by atoms with Crippen molar-refractivity contribution in [3.05, 3.63) is 82.3 Å². The molecule has 1 aromatic heterocycles. The molecule has 2 amide bonds. The summed E-state index contributed by atoms with van der Waals surface area (Å²) in [5.74, 6) is -1.50. The zero-order valence-corrected chi connectivity index (χ0v) is 17.8. The van der Waals surface area contributed by atoms with E-state index < -0.39 is 21.7 Å². The molecule has 7 nitrogen and oxygen atoms in total. The van der Waals surface area contributed by atoms with Crippen molar-refractivity contribution in [1.29, 1.82) is 0 Å². The highest BCUT2D eigenvalue weighted by Crippen LogP contribution is 2.37. The van der Waals surface area contributed by atoms with Gasteiger partial charge in [0.2, 0.25) is 0 Å². The number of hydrogen-bond acceptors (Lipinski definition) is 5. The molecular weight excluding hydrogens is 453 g/mol. The van der Waals surface area contributed by atoms with Crippen molar-refractivity contribution >= 4 is 61.0 Å². The molecule has 3 N–H and O–H groups in total. The summed E-state index contributed by atoms with van der Waals surface area (Å²) >= 11 is 1.33. The molecule has 0 saturated carbocycles. The molecule has 0 unspecified atom stereocenters. The Labute approximate surface area is 185 Å².